The van der Waals surface area contributed by atoms with Crippen molar-refractivity contribution in [3.05, 3.63) is 0 Å². The van der Waals surface area contributed by atoms with Crippen molar-refractivity contribution in [3.63, 3.8) is 0 Å². The van der Waals surface area contributed by atoms with E-state index in [9.17, 15) is 0 Å². The van der Waals surface area contributed by atoms with Crippen LogP contribution < -0.4 is 5.32 Å². The monoisotopic (exact) mass is 241 g/mol. The van der Waals surface area contributed by atoms with Crippen molar-refractivity contribution in [2.45, 2.75) is 76.1 Å². The molecule has 2 heteroatoms. The molecule has 0 saturated heterocycles. The molecular weight excluding hydrogens is 214 g/mol. The maximum Gasteiger partial charge on any atom is 0.0201 e. The molecule has 0 aliphatic heterocycles. The van der Waals surface area contributed by atoms with E-state index in [2.05, 4.69) is 30.9 Å². The third-order valence-electron chi connectivity index (χ3n) is 4.24. The third kappa shape index (κ3) is 3.40. The van der Waals surface area contributed by atoms with E-state index in [0.717, 1.165) is 23.3 Å². The highest BCUT2D eigenvalue weighted by atomic mass is 32.2. The summed E-state index contributed by atoms with van der Waals surface area (Å²) in [5.41, 5.74) is 0. The van der Waals surface area contributed by atoms with E-state index in [-0.39, 0.29) is 0 Å². The Morgan fingerprint density at radius 3 is 2.56 bits per heavy atom. The molecule has 0 aromatic rings. The first-order chi connectivity index (χ1) is 7.79. The molecule has 0 amide bonds. The summed E-state index contributed by atoms with van der Waals surface area (Å²) in [5.74, 6) is 2.32. The van der Waals surface area contributed by atoms with E-state index in [1.807, 2.05) is 0 Å². The fraction of sp³-hybridized carbons (Fsp3) is 1.00. The van der Waals surface area contributed by atoms with Gasteiger partial charge in [0.05, 0.1) is 0 Å². The highest BCUT2D eigenvalue weighted by molar-refractivity contribution is 7.99. The Bertz CT molecular complexity index is 203. The van der Waals surface area contributed by atoms with Gasteiger partial charge in [0.2, 0.25) is 0 Å². The molecule has 2 fully saturated rings. The van der Waals surface area contributed by atoms with Gasteiger partial charge in [-0.15, -0.1) is 0 Å². The smallest absolute Gasteiger partial charge is 0.0201 e. The van der Waals surface area contributed by atoms with Crippen molar-refractivity contribution in [1.29, 1.82) is 0 Å². The lowest BCUT2D eigenvalue weighted by atomic mass is 9.81. The molecule has 0 aromatic heterocycles. The van der Waals surface area contributed by atoms with Crippen LogP contribution in [0.5, 0.6) is 0 Å². The van der Waals surface area contributed by atoms with E-state index >= 15 is 0 Å². The summed E-state index contributed by atoms with van der Waals surface area (Å²) in [4.78, 5) is 0. The summed E-state index contributed by atoms with van der Waals surface area (Å²) in [5, 5.41) is 4.79. The zero-order valence-corrected chi connectivity index (χ0v) is 11.7. The summed E-state index contributed by atoms with van der Waals surface area (Å²) in [7, 11) is 0. The van der Waals surface area contributed by atoms with Crippen LogP contribution in [-0.4, -0.2) is 23.1 Å². The Balaban J connectivity index is 1.69. The molecule has 16 heavy (non-hydrogen) atoms. The predicted octanol–water partition coefficient (Wildman–Crippen LogP) is 3.83. The van der Waals surface area contributed by atoms with Gasteiger partial charge in [0.25, 0.3) is 0 Å². The fourth-order valence-corrected chi connectivity index (χ4v) is 4.40. The zero-order chi connectivity index (χ0) is 11.4. The van der Waals surface area contributed by atoms with Gasteiger partial charge in [-0.2, -0.15) is 11.8 Å². The molecule has 1 nitrogen and oxygen atoms in total. The van der Waals surface area contributed by atoms with Gasteiger partial charge >= 0.3 is 0 Å². The Hall–Kier alpha value is 0.310. The first-order valence-electron chi connectivity index (χ1n) is 7.17. The van der Waals surface area contributed by atoms with Crippen molar-refractivity contribution in [2.24, 2.45) is 5.92 Å². The fourth-order valence-electron chi connectivity index (χ4n) is 3.19. The standard InChI is InChI=1S/C14H27NS/c1-3-16-14-9-5-8-13(14)15-11(2)10-12-6-4-7-12/h11-15H,3-10H2,1-2H3. The Labute approximate surface area is 105 Å². The highest BCUT2D eigenvalue weighted by Gasteiger charge is 2.29. The topological polar surface area (TPSA) is 12.0 Å². The van der Waals surface area contributed by atoms with Crippen LogP contribution >= 0.6 is 11.8 Å². The van der Waals surface area contributed by atoms with Gasteiger partial charge in [0.15, 0.2) is 0 Å². The first-order valence-corrected chi connectivity index (χ1v) is 8.22. The van der Waals surface area contributed by atoms with E-state index in [0.29, 0.717) is 0 Å². The Morgan fingerprint density at radius 2 is 1.94 bits per heavy atom. The average molecular weight is 241 g/mol. The molecule has 2 rings (SSSR count). The van der Waals surface area contributed by atoms with Crippen LogP contribution in [0.2, 0.25) is 0 Å². The maximum atomic E-state index is 3.89. The van der Waals surface area contributed by atoms with Gasteiger partial charge in [0, 0.05) is 17.3 Å². The Kier molecular flexibility index (Phi) is 5.02. The van der Waals surface area contributed by atoms with Crippen LogP contribution in [0.15, 0.2) is 0 Å². The van der Waals surface area contributed by atoms with Gasteiger partial charge in [-0.1, -0.05) is 32.6 Å². The van der Waals surface area contributed by atoms with Crippen molar-refractivity contribution < 1.29 is 0 Å². The molecule has 3 unspecified atom stereocenters. The summed E-state index contributed by atoms with van der Waals surface area (Å²) >= 11 is 2.17. The van der Waals surface area contributed by atoms with Crippen molar-refractivity contribution in [2.75, 3.05) is 5.75 Å². The minimum atomic E-state index is 0.744. The molecule has 3 atom stereocenters. The second-order valence-electron chi connectivity index (χ2n) is 5.63. The normalized spacial score (nSPS) is 32.6. The second kappa shape index (κ2) is 6.30. The van der Waals surface area contributed by atoms with Crippen LogP contribution in [0.1, 0.15) is 58.8 Å². The van der Waals surface area contributed by atoms with Gasteiger partial charge in [0.1, 0.15) is 0 Å². The van der Waals surface area contributed by atoms with Crippen LogP contribution in [0, 0.1) is 5.92 Å². The summed E-state index contributed by atoms with van der Waals surface area (Å²) in [6.45, 7) is 4.68. The minimum absolute atomic E-state index is 0.744. The summed E-state index contributed by atoms with van der Waals surface area (Å²) < 4.78 is 0. The maximum absolute atomic E-state index is 3.89. The van der Waals surface area contributed by atoms with Crippen LogP contribution in [0.3, 0.4) is 0 Å². The van der Waals surface area contributed by atoms with Gasteiger partial charge in [-0.25, -0.2) is 0 Å². The largest absolute Gasteiger partial charge is 0.310 e. The lowest BCUT2D eigenvalue weighted by Gasteiger charge is -2.31. The zero-order valence-electron chi connectivity index (χ0n) is 10.9. The summed E-state index contributed by atoms with van der Waals surface area (Å²) in [6.07, 6.45) is 10.2. The quantitative estimate of drug-likeness (QED) is 0.758. The lowest BCUT2D eigenvalue weighted by Crippen LogP contribution is -2.41. The van der Waals surface area contributed by atoms with Crippen molar-refractivity contribution >= 4 is 11.8 Å². The number of hydrogen-bond donors (Lipinski definition) is 1. The number of hydrogen-bond acceptors (Lipinski definition) is 2. The molecule has 2 aliphatic rings. The number of thioether (sulfide) groups is 1. The van der Waals surface area contributed by atoms with Crippen molar-refractivity contribution in [3.8, 4) is 0 Å². The average Bonchev–Trinajstić information content (AvgIpc) is 2.60. The molecule has 0 aromatic carbocycles. The Morgan fingerprint density at radius 1 is 1.19 bits per heavy atom. The molecule has 0 spiro atoms. The molecule has 2 saturated carbocycles. The molecule has 0 heterocycles. The summed E-state index contributed by atoms with van der Waals surface area (Å²) in [6, 6.07) is 1.55. The van der Waals surface area contributed by atoms with Gasteiger partial charge < -0.3 is 5.32 Å². The van der Waals surface area contributed by atoms with E-state index in [4.69, 9.17) is 0 Å². The van der Waals surface area contributed by atoms with Crippen molar-refractivity contribution in [1.82, 2.24) is 5.32 Å². The van der Waals surface area contributed by atoms with E-state index in [1.54, 1.807) is 0 Å². The van der Waals surface area contributed by atoms with Crippen LogP contribution in [-0.2, 0) is 0 Å². The SMILES string of the molecule is CCSC1CCCC1NC(C)CC1CCC1. The van der Waals surface area contributed by atoms with Crippen LogP contribution in [0.4, 0.5) is 0 Å². The lowest BCUT2D eigenvalue weighted by molar-refractivity contribution is 0.258. The molecule has 2 aliphatic carbocycles. The molecule has 0 radical (unpaired) electrons. The third-order valence-corrected chi connectivity index (χ3v) is 5.57. The van der Waals surface area contributed by atoms with Gasteiger partial charge in [-0.05, 0) is 37.9 Å². The minimum Gasteiger partial charge on any atom is -0.310 e. The molecule has 1 N–H and O–H groups in total. The predicted molar refractivity (Wildman–Crippen MR) is 74.1 cm³/mol. The highest BCUT2D eigenvalue weighted by Crippen LogP contribution is 2.33. The molecular formula is C14H27NS. The molecule has 0 bridgehead atoms. The van der Waals surface area contributed by atoms with E-state index in [1.165, 1.54) is 50.7 Å². The second-order valence-corrected chi connectivity index (χ2v) is 7.15. The number of rotatable bonds is 6. The first kappa shape index (κ1) is 12.8. The van der Waals surface area contributed by atoms with Crippen LogP contribution in [0.25, 0.3) is 0 Å². The van der Waals surface area contributed by atoms with Gasteiger partial charge in [-0.3, -0.25) is 0 Å². The number of nitrogens with one attached hydrogen (secondary N) is 1. The van der Waals surface area contributed by atoms with E-state index < -0.39 is 0 Å². The molecule has 94 valence electrons.